The van der Waals surface area contributed by atoms with E-state index in [1.165, 1.54) is 20.9 Å². The van der Waals surface area contributed by atoms with Gasteiger partial charge in [0.05, 0.1) is 6.54 Å². The second-order valence-corrected chi connectivity index (χ2v) is 7.93. The van der Waals surface area contributed by atoms with Gasteiger partial charge < -0.3 is 5.73 Å². The molecule has 21 heavy (non-hydrogen) atoms. The van der Waals surface area contributed by atoms with Gasteiger partial charge in [0.2, 0.25) is 0 Å². The van der Waals surface area contributed by atoms with E-state index in [4.69, 9.17) is 5.73 Å². The molecule has 0 fully saturated rings. The van der Waals surface area contributed by atoms with E-state index in [9.17, 15) is 0 Å². The quantitative estimate of drug-likeness (QED) is 0.662. The van der Waals surface area contributed by atoms with Gasteiger partial charge in [-0.1, -0.05) is 24.3 Å². The van der Waals surface area contributed by atoms with E-state index in [0.717, 1.165) is 13.0 Å². The summed E-state index contributed by atoms with van der Waals surface area (Å²) < 4.78 is 3.70. The Morgan fingerprint density at radius 2 is 2.29 bits per heavy atom. The fraction of sp³-hybridized carbons (Fsp3) is 0.294. The zero-order chi connectivity index (χ0) is 14.7. The summed E-state index contributed by atoms with van der Waals surface area (Å²) in [4.78, 5) is 2.75. The van der Waals surface area contributed by atoms with Crippen molar-refractivity contribution in [2.45, 2.75) is 21.5 Å². The molecule has 2 nitrogen and oxygen atoms in total. The van der Waals surface area contributed by atoms with Crippen LogP contribution in [0.25, 0.3) is 6.08 Å². The van der Waals surface area contributed by atoms with Gasteiger partial charge in [0.25, 0.3) is 0 Å². The number of fused-ring (bicyclic) bond motifs is 2. The van der Waals surface area contributed by atoms with Gasteiger partial charge in [-0.25, -0.2) is 0 Å². The van der Waals surface area contributed by atoms with E-state index in [1.54, 1.807) is 11.8 Å². The fourth-order valence-electron chi connectivity index (χ4n) is 2.68. The lowest BCUT2D eigenvalue weighted by atomic mass is 10.0. The van der Waals surface area contributed by atoms with E-state index >= 15 is 0 Å². The minimum absolute atomic E-state index is 0.00940. The van der Waals surface area contributed by atoms with Crippen LogP contribution >= 0.6 is 11.8 Å². The number of allylic oxidation sites excluding steroid dienone is 4. The average Bonchev–Trinajstić information content (AvgIpc) is 2.69. The highest BCUT2D eigenvalue weighted by Crippen LogP contribution is 2.35. The number of hydrogen-bond donors (Lipinski definition) is 2. The number of nitrogens with one attached hydrogen (secondary N) is 1. The average molecular weight is 318 g/mol. The molecule has 0 saturated heterocycles. The van der Waals surface area contributed by atoms with E-state index in [1.807, 2.05) is 0 Å². The van der Waals surface area contributed by atoms with Crippen LogP contribution in [0.3, 0.4) is 0 Å². The second kappa shape index (κ2) is 6.88. The third-order valence-electron chi connectivity index (χ3n) is 3.75. The molecule has 2 unspecified atom stereocenters. The fourth-order valence-corrected chi connectivity index (χ4v) is 5.57. The summed E-state index contributed by atoms with van der Waals surface area (Å²) in [5, 5.41) is 0.524. The number of nitrogens with two attached hydrogens (primary N) is 1. The first-order chi connectivity index (χ1) is 10.3. The van der Waals surface area contributed by atoms with Crippen molar-refractivity contribution in [2.75, 3.05) is 19.3 Å². The minimum atomic E-state index is 0.00940. The van der Waals surface area contributed by atoms with Crippen LogP contribution < -0.4 is 10.5 Å². The summed E-state index contributed by atoms with van der Waals surface area (Å²) in [6.45, 7) is 1.54. The van der Waals surface area contributed by atoms with Crippen molar-refractivity contribution >= 4 is 28.9 Å². The highest BCUT2D eigenvalue weighted by atomic mass is 32.2. The molecule has 1 aromatic carbocycles. The summed E-state index contributed by atoms with van der Waals surface area (Å²) in [7, 11) is 0. The van der Waals surface area contributed by atoms with E-state index in [0.29, 0.717) is 11.8 Å². The second-order valence-electron chi connectivity index (χ2n) is 5.08. The van der Waals surface area contributed by atoms with Crippen LogP contribution in [0.1, 0.15) is 12.0 Å². The van der Waals surface area contributed by atoms with Gasteiger partial charge in [-0.3, -0.25) is 0 Å². The Bertz CT molecular complexity index is 605. The molecule has 3 N–H and O–H groups in total. The third-order valence-corrected chi connectivity index (χ3v) is 6.85. The predicted molar refractivity (Wildman–Crippen MR) is 95.6 cm³/mol. The van der Waals surface area contributed by atoms with Crippen LogP contribution in [-0.4, -0.2) is 24.6 Å². The van der Waals surface area contributed by atoms with Crippen molar-refractivity contribution in [3.05, 3.63) is 53.6 Å². The summed E-state index contributed by atoms with van der Waals surface area (Å²) in [5.74, 6) is 0. The third kappa shape index (κ3) is 3.14. The first-order valence-corrected chi connectivity index (χ1v) is 9.74. The van der Waals surface area contributed by atoms with Crippen molar-refractivity contribution in [3.8, 4) is 0 Å². The molecule has 0 radical (unpaired) electrons. The maximum absolute atomic E-state index is 5.72. The Hall–Kier alpha value is -0.940. The maximum Gasteiger partial charge on any atom is 0.184 e. The van der Waals surface area contributed by atoms with Crippen molar-refractivity contribution in [2.24, 2.45) is 5.73 Å². The Balaban J connectivity index is 2.04. The molecule has 0 bridgehead atoms. The van der Waals surface area contributed by atoms with Gasteiger partial charge in [0, 0.05) is 35.1 Å². The molecule has 3 rings (SSSR count). The first-order valence-electron chi connectivity index (χ1n) is 7.23. The highest BCUT2D eigenvalue weighted by molar-refractivity contribution is 7.98. The summed E-state index contributed by atoms with van der Waals surface area (Å²) in [5.41, 5.74) is 8.48. The van der Waals surface area contributed by atoms with E-state index in [2.05, 4.69) is 59.6 Å². The Morgan fingerprint density at radius 1 is 1.38 bits per heavy atom. The van der Waals surface area contributed by atoms with Crippen molar-refractivity contribution < 1.29 is 0 Å². The SMILES string of the molecule is CSc1ccc2c(c1)[S+](NCCN)C1CC=CC=C1C=C2. The molecule has 4 heteroatoms. The van der Waals surface area contributed by atoms with Crippen LogP contribution in [0.4, 0.5) is 0 Å². The summed E-state index contributed by atoms with van der Waals surface area (Å²) in [6.07, 6.45) is 14.5. The monoisotopic (exact) mass is 317 g/mol. The number of hydrogen-bond acceptors (Lipinski definition) is 3. The lowest BCUT2D eigenvalue weighted by Gasteiger charge is -2.20. The predicted octanol–water partition coefficient (Wildman–Crippen LogP) is 3.13. The molecule has 1 heterocycles. The van der Waals surface area contributed by atoms with Gasteiger partial charge in [0.15, 0.2) is 10.1 Å². The Labute approximate surface area is 134 Å². The topological polar surface area (TPSA) is 38.0 Å². The van der Waals surface area contributed by atoms with Crippen LogP contribution in [0, 0.1) is 0 Å². The van der Waals surface area contributed by atoms with Crippen molar-refractivity contribution in [3.63, 3.8) is 0 Å². The number of rotatable bonds is 4. The molecular weight excluding hydrogens is 296 g/mol. The standard InChI is InChI=1S/C17H21N2S2/c1-20-15-9-8-14-7-6-13-4-2-3-5-16(13)21(17(14)12-15)19-11-10-18/h2-4,6-9,12,16,19H,5,10-11,18H2,1H3/q+1. The largest absolute Gasteiger partial charge is 0.329 e. The molecule has 0 aromatic heterocycles. The Morgan fingerprint density at radius 3 is 3.10 bits per heavy atom. The van der Waals surface area contributed by atoms with Gasteiger partial charge in [0.1, 0.15) is 11.1 Å². The smallest absolute Gasteiger partial charge is 0.184 e. The first kappa shape index (κ1) is 15.0. The zero-order valence-corrected chi connectivity index (χ0v) is 13.8. The van der Waals surface area contributed by atoms with E-state index < -0.39 is 0 Å². The van der Waals surface area contributed by atoms with Crippen LogP contribution in [0.15, 0.2) is 57.9 Å². The molecule has 1 aromatic rings. The zero-order valence-electron chi connectivity index (χ0n) is 12.2. The normalized spacial score (nSPS) is 23.2. The molecule has 2 aliphatic rings. The summed E-state index contributed by atoms with van der Waals surface area (Å²) in [6, 6.07) is 6.80. The number of thioether (sulfide) groups is 1. The summed E-state index contributed by atoms with van der Waals surface area (Å²) >= 11 is 1.81. The van der Waals surface area contributed by atoms with Crippen LogP contribution in [0.2, 0.25) is 0 Å². The minimum Gasteiger partial charge on any atom is -0.329 e. The van der Waals surface area contributed by atoms with Gasteiger partial charge in [-0.2, -0.15) is 0 Å². The Kier molecular flexibility index (Phi) is 4.91. The molecule has 110 valence electrons. The molecule has 0 saturated carbocycles. The van der Waals surface area contributed by atoms with Gasteiger partial charge in [-0.05, 0) is 24.5 Å². The van der Waals surface area contributed by atoms with Crippen molar-refractivity contribution in [1.29, 1.82) is 0 Å². The molecule has 0 amide bonds. The van der Waals surface area contributed by atoms with E-state index in [-0.39, 0.29) is 11.1 Å². The molecule has 1 aliphatic carbocycles. The van der Waals surface area contributed by atoms with Gasteiger partial charge >= 0.3 is 0 Å². The van der Waals surface area contributed by atoms with Gasteiger partial charge in [-0.15, -0.1) is 16.5 Å². The number of benzene rings is 1. The lowest BCUT2D eigenvalue weighted by molar-refractivity contribution is 0.886. The van der Waals surface area contributed by atoms with Crippen LogP contribution in [-0.2, 0) is 11.1 Å². The van der Waals surface area contributed by atoms with Crippen LogP contribution in [0.5, 0.6) is 0 Å². The molecular formula is C17H21N2S2+. The maximum atomic E-state index is 5.72. The molecule has 0 spiro atoms. The molecule has 2 atom stereocenters. The lowest BCUT2D eigenvalue weighted by Crippen LogP contribution is -2.38. The van der Waals surface area contributed by atoms with Crippen molar-refractivity contribution in [1.82, 2.24) is 4.72 Å². The highest BCUT2D eigenvalue weighted by Gasteiger charge is 2.38. The molecule has 1 aliphatic heterocycles.